The average molecular weight is 478 g/mol. The Morgan fingerprint density at radius 3 is 2.52 bits per heavy atom. The van der Waals surface area contributed by atoms with Crippen LogP contribution in [0.2, 0.25) is 0 Å². The fraction of sp³-hybridized carbons (Fsp3) is 0.200. The lowest BCUT2D eigenvalue weighted by atomic mass is 10.1. The minimum absolute atomic E-state index is 0.0669. The van der Waals surface area contributed by atoms with Gasteiger partial charge in [0.25, 0.3) is 5.56 Å². The number of aromatic nitrogens is 2. The van der Waals surface area contributed by atoms with Crippen LogP contribution >= 0.6 is 23.1 Å². The monoisotopic (exact) mass is 477 g/mol. The number of hydrogen-bond donors (Lipinski definition) is 1. The van der Waals surface area contributed by atoms with E-state index in [1.165, 1.54) is 30.0 Å². The molecule has 4 rings (SSSR count). The summed E-state index contributed by atoms with van der Waals surface area (Å²) < 4.78 is 1.58. The molecule has 33 heavy (non-hydrogen) atoms. The highest BCUT2D eigenvalue weighted by atomic mass is 32.2. The van der Waals surface area contributed by atoms with Crippen LogP contribution in [-0.4, -0.2) is 27.0 Å². The maximum atomic E-state index is 13.5. The third kappa shape index (κ3) is 4.77. The van der Waals surface area contributed by atoms with Crippen LogP contribution in [0.5, 0.6) is 0 Å². The van der Waals surface area contributed by atoms with Crippen LogP contribution in [0.1, 0.15) is 33.3 Å². The number of thiophene rings is 1. The highest BCUT2D eigenvalue weighted by Gasteiger charge is 2.19. The summed E-state index contributed by atoms with van der Waals surface area (Å²) in [4.78, 5) is 44.2. The molecule has 4 aromatic rings. The van der Waals surface area contributed by atoms with E-state index in [1.807, 2.05) is 45.0 Å². The van der Waals surface area contributed by atoms with Gasteiger partial charge in [0.15, 0.2) is 10.9 Å². The van der Waals surface area contributed by atoms with Crippen molar-refractivity contribution in [3.05, 3.63) is 80.5 Å². The summed E-state index contributed by atoms with van der Waals surface area (Å²) in [6.45, 7) is 7.39. The molecule has 2 aromatic carbocycles. The Bertz CT molecular complexity index is 1440. The first-order valence-electron chi connectivity index (χ1n) is 10.4. The fourth-order valence-electron chi connectivity index (χ4n) is 3.44. The molecule has 1 N–H and O–H groups in total. The molecule has 1 amide bonds. The van der Waals surface area contributed by atoms with Crippen LogP contribution in [-0.2, 0) is 4.79 Å². The zero-order chi connectivity index (χ0) is 23.7. The van der Waals surface area contributed by atoms with Crippen LogP contribution < -0.4 is 10.9 Å². The molecule has 168 valence electrons. The molecule has 0 unspecified atom stereocenters. The molecule has 0 aliphatic heterocycles. The second kappa shape index (κ2) is 9.33. The van der Waals surface area contributed by atoms with Crippen molar-refractivity contribution in [1.82, 2.24) is 9.55 Å². The summed E-state index contributed by atoms with van der Waals surface area (Å²) in [5.74, 6) is -0.247. The zero-order valence-electron chi connectivity index (χ0n) is 18.8. The van der Waals surface area contributed by atoms with E-state index in [4.69, 9.17) is 4.98 Å². The van der Waals surface area contributed by atoms with E-state index in [1.54, 1.807) is 28.8 Å². The van der Waals surface area contributed by atoms with Gasteiger partial charge in [0.05, 0.1) is 16.8 Å². The summed E-state index contributed by atoms with van der Waals surface area (Å²) in [6.07, 6.45) is 0. The van der Waals surface area contributed by atoms with Crippen molar-refractivity contribution in [2.45, 2.75) is 32.9 Å². The molecule has 0 fully saturated rings. The summed E-state index contributed by atoms with van der Waals surface area (Å²) in [5, 5.41) is 3.90. The number of amides is 1. The van der Waals surface area contributed by atoms with Gasteiger partial charge in [-0.15, -0.1) is 11.3 Å². The summed E-state index contributed by atoms with van der Waals surface area (Å²) >= 11 is 2.69. The molecular weight excluding hydrogens is 454 g/mol. The van der Waals surface area contributed by atoms with Crippen molar-refractivity contribution in [2.24, 2.45) is 0 Å². The third-order valence-electron chi connectivity index (χ3n) is 5.35. The van der Waals surface area contributed by atoms with E-state index >= 15 is 0 Å². The Hall–Kier alpha value is -3.23. The van der Waals surface area contributed by atoms with Gasteiger partial charge in [0.2, 0.25) is 5.91 Å². The summed E-state index contributed by atoms with van der Waals surface area (Å²) in [7, 11) is 0. The Morgan fingerprint density at radius 1 is 1.09 bits per heavy atom. The Labute approximate surface area is 199 Å². The van der Waals surface area contributed by atoms with Gasteiger partial charge in [0.1, 0.15) is 4.83 Å². The van der Waals surface area contributed by atoms with Gasteiger partial charge < -0.3 is 5.32 Å². The molecule has 0 spiro atoms. The number of Topliss-reactive ketones (excluding diaryl/α,β-unsaturated/α-hetero) is 1. The standard InChI is InChI=1S/C25H23N3O3S2/c1-14-8-10-20(11-9-14)28-24(31)22-15(2)17(4)33-23(22)27-25(28)32-13-21(30)26-19-7-5-6-18(12-19)16(3)29/h5-12H,13H2,1-4H3,(H,26,30). The molecule has 2 heterocycles. The maximum absolute atomic E-state index is 13.5. The second-order valence-corrected chi connectivity index (χ2v) is 9.95. The van der Waals surface area contributed by atoms with E-state index in [-0.39, 0.29) is 23.0 Å². The molecule has 0 aliphatic rings. The van der Waals surface area contributed by atoms with Gasteiger partial charge in [-0.25, -0.2) is 4.98 Å². The number of thioether (sulfide) groups is 1. The molecule has 6 nitrogen and oxygen atoms in total. The largest absolute Gasteiger partial charge is 0.325 e. The molecule has 8 heteroatoms. The van der Waals surface area contributed by atoms with Gasteiger partial charge in [-0.1, -0.05) is 41.6 Å². The molecule has 0 aliphatic carbocycles. The zero-order valence-corrected chi connectivity index (χ0v) is 20.4. The Balaban J connectivity index is 1.66. The highest BCUT2D eigenvalue weighted by Crippen LogP contribution is 2.29. The smallest absolute Gasteiger partial charge is 0.267 e. The first kappa shape index (κ1) is 22.9. The lowest BCUT2D eigenvalue weighted by Gasteiger charge is -2.13. The third-order valence-corrected chi connectivity index (χ3v) is 7.39. The number of carbonyl (C=O) groups excluding carboxylic acids is 2. The van der Waals surface area contributed by atoms with Gasteiger partial charge >= 0.3 is 0 Å². The van der Waals surface area contributed by atoms with Crippen molar-refractivity contribution in [3.8, 4) is 5.69 Å². The number of aryl methyl sites for hydroxylation is 3. The van der Waals surface area contributed by atoms with Crippen LogP contribution in [0.15, 0.2) is 58.5 Å². The number of nitrogens with zero attached hydrogens (tertiary/aromatic N) is 2. The minimum Gasteiger partial charge on any atom is -0.325 e. The van der Waals surface area contributed by atoms with Crippen molar-refractivity contribution < 1.29 is 9.59 Å². The van der Waals surface area contributed by atoms with Crippen LogP contribution in [0, 0.1) is 20.8 Å². The van der Waals surface area contributed by atoms with Crippen LogP contribution in [0.3, 0.4) is 0 Å². The molecular formula is C25H23N3O3S2. The highest BCUT2D eigenvalue weighted by molar-refractivity contribution is 7.99. The quantitative estimate of drug-likeness (QED) is 0.231. The molecule has 0 radical (unpaired) electrons. The Morgan fingerprint density at radius 2 is 1.82 bits per heavy atom. The average Bonchev–Trinajstić information content (AvgIpc) is 3.07. The predicted octanol–water partition coefficient (Wildman–Crippen LogP) is 5.31. The number of anilines is 1. The number of carbonyl (C=O) groups is 2. The minimum atomic E-state index is -0.246. The number of hydrogen-bond acceptors (Lipinski definition) is 6. The fourth-order valence-corrected chi connectivity index (χ4v) is 5.32. The van der Waals surface area contributed by atoms with E-state index in [2.05, 4.69) is 5.32 Å². The molecule has 0 bridgehead atoms. The Kier molecular flexibility index (Phi) is 6.49. The van der Waals surface area contributed by atoms with Gasteiger partial charge in [-0.3, -0.25) is 19.0 Å². The van der Waals surface area contributed by atoms with Crippen molar-refractivity contribution in [2.75, 3.05) is 11.1 Å². The van der Waals surface area contributed by atoms with Crippen molar-refractivity contribution in [1.29, 1.82) is 0 Å². The normalized spacial score (nSPS) is 11.0. The molecule has 0 atom stereocenters. The first-order chi connectivity index (χ1) is 15.7. The van der Waals surface area contributed by atoms with Crippen LogP contribution in [0.25, 0.3) is 15.9 Å². The number of fused-ring (bicyclic) bond motifs is 1. The van der Waals surface area contributed by atoms with Crippen LogP contribution in [0.4, 0.5) is 5.69 Å². The molecule has 2 aromatic heterocycles. The van der Waals surface area contributed by atoms with Gasteiger partial charge in [-0.05, 0) is 57.5 Å². The molecule has 0 saturated carbocycles. The number of benzene rings is 2. The molecule has 0 saturated heterocycles. The lowest BCUT2D eigenvalue weighted by molar-refractivity contribution is -0.113. The van der Waals surface area contributed by atoms with E-state index in [0.29, 0.717) is 32.3 Å². The second-order valence-electron chi connectivity index (χ2n) is 7.81. The number of nitrogens with one attached hydrogen (secondary N) is 1. The summed E-state index contributed by atoms with van der Waals surface area (Å²) in [5.41, 5.74) is 3.68. The lowest BCUT2D eigenvalue weighted by Crippen LogP contribution is -2.23. The maximum Gasteiger partial charge on any atom is 0.267 e. The SMILES string of the molecule is CC(=O)c1cccc(NC(=O)CSc2nc3sc(C)c(C)c3c(=O)n2-c2ccc(C)cc2)c1. The number of rotatable bonds is 6. The topological polar surface area (TPSA) is 81.1 Å². The number of ketones is 1. The summed E-state index contributed by atoms with van der Waals surface area (Å²) in [6, 6.07) is 14.5. The van der Waals surface area contributed by atoms with Crippen molar-refractivity contribution >= 4 is 50.7 Å². The van der Waals surface area contributed by atoms with Crippen molar-refractivity contribution in [3.63, 3.8) is 0 Å². The predicted molar refractivity (Wildman–Crippen MR) is 135 cm³/mol. The van der Waals surface area contributed by atoms with E-state index < -0.39 is 0 Å². The van der Waals surface area contributed by atoms with E-state index in [9.17, 15) is 14.4 Å². The van der Waals surface area contributed by atoms with Gasteiger partial charge in [-0.2, -0.15) is 0 Å². The van der Waals surface area contributed by atoms with E-state index in [0.717, 1.165) is 16.0 Å². The first-order valence-corrected chi connectivity index (χ1v) is 12.2. The van der Waals surface area contributed by atoms with Gasteiger partial charge in [0, 0.05) is 16.1 Å².